The lowest BCUT2D eigenvalue weighted by molar-refractivity contribution is -0.137. The molecular formula is C27H35F3N6O3S. The first-order chi connectivity index (χ1) is 18.9. The molecule has 9 nitrogen and oxygen atoms in total. The molecule has 0 radical (unpaired) electrons. The van der Waals surface area contributed by atoms with Crippen LogP contribution in [0.3, 0.4) is 0 Å². The van der Waals surface area contributed by atoms with Crippen LogP contribution in [-0.4, -0.2) is 47.5 Å². The van der Waals surface area contributed by atoms with E-state index in [-0.39, 0.29) is 24.1 Å². The number of rotatable bonds is 9. The third kappa shape index (κ3) is 8.57. The van der Waals surface area contributed by atoms with Gasteiger partial charge in [0, 0.05) is 38.7 Å². The molecular weight excluding hydrogens is 545 g/mol. The highest BCUT2D eigenvalue weighted by atomic mass is 32.2. The largest absolute Gasteiger partial charge is 0.495 e. The molecule has 1 amide bonds. The number of benzene rings is 2. The number of carbonyl (C=O) groups is 1. The van der Waals surface area contributed by atoms with E-state index in [4.69, 9.17) is 4.74 Å². The van der Waals surface area contributed by atoms with Crippen molar-refractivity contribution in [3.05, 3.63) is 64.8 Å². The second-order valence-electron chi connectivity index (χ2n) is 8.69. The van der Waals surface area contributed by atoms with Gasteiger partial charge in [-0.3, -0.25) is 9.10 Å². The van der Waals surface area contributed by atoms with E-state index in [0.29, 0.717) is 28.7 Å². The smallest absolute Gasteiger partial charge is 0.421 e. The van der Waals surface area contributed by atoms with Crippen molar-refractivity contribution in [2.75, 3.05) is 42.4 Å². The van der Waals surface area contributed by atoms with Crippen LogP contribution >= 0.6 is 0 Å². The van der Waals surface area contributed by atoms with Gasteiger partial charge in [0.05, 0.1) is 18.5 Å². The van der Waals surface area contributed by atoms with Gasteiger partial charge in [-0.1, -0.05) is 32.4 Å². The van der Waals surface area contributed by atoms with Gasteiger partial charge < -0.3 is 20.7 Å². The summed E-state index contributed by atoms with van der Waals surface area (Å²) in [5.41, 5.74) is 1.82. The van der Waals surface area contributed by atoms with Gasteiger partial charge in [0.2, 0.25) is 5.95 Å². The molecule has 0 aliphatic carbocycles. The lowest BCUT2D eigenvalue weighted by Gasteiger charge is -2.21. The number of ether oxygens (including phenoxy) is 1. The summed E-state index contributed by atoms with van der Waals surface area (Å²) in [5, 5.41) is 8.10. The quantitative estimate of drug-likeness (QED) is 0.299. The number of hydrogen-bond donors (Lipinski definition) is 3. The van der Waals surface area contributed by atoms with Crippen LogP contribution < -0.4 is 25.0 Å². The average Bonchev–Trinajstić information content (AvgIpc) is 2.91. The molecule has 0 aliphatic heterocycles. The zero-order valence-electron chi connectivity index (χ0n) is 23.6. The summed E-state index contributed by atoms with van der Waals surface area (Å²) in [4.78, 5) is 19.8. The van der Waals surface area contributed by atoms with Crippen molar-refractivity contribution in [2.24, 2.45) is 0 Å². The molecule has 2 aromatic carbocycles. The Kier molecular flexibility index (Phi) is 11.7. The minimum atomic E-state index is -4.70. The zero-order valence-corrected chi connectivity index (χ0v) is 24.4. The Labute approximate surface area is 235 Å². The first kappa shape index (κ1) is 32.3. The molecule has 40 heavy (non-hydrogen) atoms. The number of amides is 1. The van der Waals surface area contributed by atoms with E-state index in [0.717, 1.165) is 5.56 Å². The Bertz CT molecular complexity index is 1340. The van der Waals surface area contributed by atoms with Gasteiger partial charge in [-0.05, 0) is 42.3 Å². The van der Waals surface area contributed by atoms with E-state index in [2.05, 4.69) is 39.8 Å². The normalized spacial score (nSPS) is 11.6. The number of halogens is 3. The maximum Gasteiger partial charge on any atom is 0.421 e. The van der Waals surface area contributed by atoms with Crippen molar-refractivity contribution < 1.29 is 26.9 Å². The lowest BCUT2D eigenvalue weighted by atomic mass is 10.1. The van der Waals surface area contributed by atoms with E-state index < -0.39 is 28.5 Å². The van der Waals surface area contributed by atoms with Crippen molar-refractivity contribution in [1.29, 1.82) is 0 Å². The van der Waals surface area contributed by atoms with Gasteiger partial charge >= 0.3 is 6.18 Å². The molecule has 0 aliphatic rings. The van der Waals surface area contributed by atoms with Crippen molar-refractivity contribution in [3.63, 3.8) is 0 Å². The number of alkyl halides is 3. The van der Waals surface area contributed by atoms with Gasteiger partial charge in [0.15, 0.2) is 0 Å². The van der Waals surface area contributed by atoms with Gasteiger partial charge in [0.1, 0.15) is 28.1 Å². The van der Waals surface area contributed by atoms with Crippen LogP contribution in [0, 0.1) is 6.92 Å². The lowest BCUT2D eigenvalue weighted by Crippen LogP contribution is -2.21. The summed E-state index contributed by atoms with van der Waals surface area (Å²) >= 11 is 0. The molecule has 3 rings (SSSR count). The van der Waals surface area contributed by atoms with Crippen LogP contribution in [0.4, 0.5) is 36.3 Å². The number of aromatic nitrogens is 2. The van der Waals surface area contributed by atoms with Crippen molar-refractivity contribution in [2.45, 2.75) is 39.9 Å². The molecule has 0 bridgehead atoms. The molecule has 218 valence electrons. The molecule has 0 fully saturated rings. The Balaban J connectivity index is 0.00000178. The van der Waals surface area contributed by atoms with Crippen LogP contribution in [0.2, 0.25) is 0 Å². The number of hydrogen-bond acceptors (Lipinski definition) is 7. The minimum Gasteiger partial charge on any atom is -0.495 e. The van der Waals surface area contributed by atoms with Gasteiger partial charge in [-0.15, -0.1) is 0 Å². The molecule has 13 heteroatoms. The van der Waals surface area contributed by atoms with Crippen LogP contribution in [0.15, 0.2) is 42.6 Å². The molecule has 0 saturated carbocycles. The Morgan fingerprint density at radius 1 is 1.15 bits per heavy atom. The van der Waals surface area contributed by atoms with E-state index in [9.17, 15) is 22.2 Å². The number of nitrogens with zero attached hydrogens (tertiary/aromatic N) is 3. The third-order valence-electron chi connectivity index (χ3n) is 5.44. The average molecular weight is 581 g/mol. The van der Waals surface area contributed by atoms with Crippen LogP contribution in [0.5, 0.6) is 5.75 Å². The Morgan fingerprint density at radius 2 is 1.82 bits per heavy atom. The molecule has 3 N–H and O–H groups in total. The molecule has 1 aromatic heterocycles. The van der Waals surface area contributed by atoms with Gasteiger partial charge in [0.25, 0.3) is 5.91 Å². The first-order valence-electron chi connectivity index (χ1n) is 12.4. The van der Waals surface area contributed by atoms with Crippen LogP contribution in [-0.2, 0) is 23.7 Å². The highest BCUT2D eigenvalue weighted by molar-refractivity contribution is 7.85. The van der Waals surface area contributed by atoms with E-state index in [1.807, 2.05) is 19.1 Å². The Hall–Kier alpha value is -3.87. The third-order valence-corrected chi connectivity index (χ3v) is 6.41. The maximum atomic E-state index is 13.7. The summed E-state index contributed by atoms with van der Waals surface area (Å²) in [6.07, 6.45) is -1.25. The van der Waals surface area contributed by atoms with E-state index in [1.165, 1.54) is 49.3 Å². The number of carbonyl (C=O) groups excluding carboxylic acids is 1. The van der Waals surface area contributed by atoms with Crippen LogP contribution in [0.1, 0.15) is 47.3 Å². The summed E-state index contributed by atoms with van der Waals surface area (Å²) in [5.74, 6) is -0.593. The molecule has 3 aromatic rings. The van der Waals surface area contributed by atoms with E-state index in [1.54, 1.807) is 13.1 Å². The van der Waals surface area contributed by atoms with Crippen molar-refractivity contribution in [3.8, 4) is 5.75 Å². The van der Waals surface area contributed by atoms with Crippen molar-refractivity contribution in [1.82, 2.24) is 15.3 Å². The zero-order chi connectivity index (χ0) is 30.0. The molecule has 1 atom stereocenters. The molecule has 0 spiro atoms. The molecule has 0 saturated heterocycles. The highest BCUT2D eigenvalue weighted by Gasteiger charge is 2.35. The molecule has 1 unspecified atom stereocenters. The fourth-order valence-corrected chi connectivity index (χ4v) is 3.87. The SMILES string of the molecule is CCC.CNC(=O)c1ccc(Nc2ncc(C(F)(F)F)c(NCc3ccc(C)cc3N(C)S(C)=O)n2)c(OC)c1. The number of aryl methyl sites for hydroxylation is 1. The van der Waals surface area contributed by atoms with Crippen molar-refractivity contribution >= 4 is 40.0 Å². The number of nitrogens with one attached hydrogen (secondary N) is 3. The summed E-state index contributed by atoms with van der Waals surface area (Å²) < 4.78 is 60.0. The van der Waals surface area contributed by atoms with Gasteiger partial charge in [-0.2, -0.15) is 18.2 Å². The molecule has 1 heterocycles. The fourth-order valence-electron chi connectivity index (χ4n) is 3.42. The summed E-state index contributed by atoms with van der Waals surface area (Å²) in [7, 11) is 3.20. The standard InChI is InChI=1S/C24H27F3N6O3S.C3H8/c1-14-6-7-16(19(10-14)33(3)37(5)35)12-29-21-17(24(25,26)27)13-30-23(32-21)31-18-9-8-15(22(34)28-2)11-20(18)36-4;1-3-2/h6-11,13H,12H2,1-5H3,(H,28,34)(H2,29,30,31,32);3H2,1-2H3. The highest BCUT2D eigenvalue weighted by Crippen LogP contribution is 2.35. The fraction of sp³-hybridized carbons (Fsp3) is 0.370. The first-order valence-corrected chi connectivity index (χ1v) is 13.9. The number of anilines is 4. The predicted molar refractivity (Wildman–Crippen MR) is 154 cm³/mol. The monoisotopic (exact) mass is 580 g/mol. The van der Waals surface area contributed by atoms with E-state index >= 15 is 0 Å². The predicted octanol–water partition coefficient (Wildman–Crippen LogP) is 5.67. The minimum absolute atomic E-state index is 0.0131. The second kappa shape index (κ2) is 14.5. The topological polar surface area (TPSA) is 108 Å². The Morgan fingerprint density at radius 3 is 2.40 bits per heavy atom. The second-order valence-corrected chi connectivity index (χ2v) is 10.1. The summed E-state index contributed by atoms with van der Waals surface area (Å²) in [6, 6.07) is 9.94. The summed E-state index contributed by atoms with van der Waals surface area (Å²) in [6.45, 7) is 6.10. The van der Waals surface area contributed by atoms with Gasteiger partial charge in [-0.25, -0.2) is 9.19 Å². The number of methoxy groups -OCH3 is 1. The van der Waals surface area contributed by atoms with Crippen LogP contribution in [0.25, 0.3) is 0 Å². The maximum absolute atomic E-state index is 13.7.